The zero-order valence-electron chi connectivity index (χ0n) is 17.5. The third kappa shape index (κ3) is 5.23. The average Bonchev–Trinajstić information content (AvgIpc) is 3.27. The minimum Gasteiger partial charge on any atom is -0.302 e. The van der Waals surface area contributed by atoms with Crippen molar-refractivity contribution in [3.63, 3.8) is 0 Å². The van der Waals surface area contributed by atoms with E-state index < -0.39 is 17.2 Å². The van der Waals surface area contributed by atoms with Gasteiger partial charge in [-0.2, -0.15) is 18.4 Å². The van der Waals surface area contributed by atoms with E-state index >= 15 is 0 Å². The zero-order valence-corrected chi connectivity index (χ0v) is 17.5. The van der Waals surface area contributed by atoms with Crippen LogP contribution in [0, 0.1) is 17.2 Å². The average molecular weight is 415 g/mol. The van der Waals surface area contributed by atoms with Gasteiger partial charge in [-0.1, -0.05) is 55.3 Å². The van der Waals surface area contributed by atoms with Crippen molar-refractivity contribution >= 4 is 0 Å². The molecule has 0 bridgehead atoms. The molecule has 2 aromatic carbocycles. The van der Waals surface area contributed by atoms with Crippen LogP contribution in [0.4, 0.5) is 13.2 Å². The fraction of sp³-hybridized carbons (Fsp3) is 0.480. The van der Waals surface area contributed by atoms with E-state index in [-0.39, 0.29) is 5.92 Å². The summed E-state index contributed by atoms with van der Waals surface area (Å²) in [6, 6.07) is 18.1. The van der Waals surface area contributed by atoms with Gasteiger partial charge in [0.1, 0.15) is 0 Å². The van der Waals surface area contributed by atoms with Crippen LogP contribution in [0.15, 0.2) is 54.6 Å². The second-order valence-electron chi connectivity index (χ2n) is 8.47. The second kappa shape index (κ2) is 9.66. The van der Waals surface area contributed by atoms with Crippen molar-refractivity contribution in [2.24, 2.45) is 5.92 Å². The summed E-state index contributed by atoms with van der Waals surface area (Å²) in [5.74, 6) is 0.207. The monoisotopic (exact) mass is 414 g/mol. The minimum absolute atomic E-state index is 0.207. The highest BCUT2D eigenvalue weighted by atomic mass is 19.4. The highest BCUT2D eigenvalue weighted by Crippen LogP contribution is 2.45. The normalized spacial score (nSPS) is 17.1. The largest absolute Gasteiger partial charge is 0.416 e. The number of hydrogen-bond acceptors (Lipinski definition) is 2. The fourth-order valence-corrected chi connectivity index (χ4v) is 4.77. The van der Waals surface area contributed by atoms with Crippen molar-refractivity contribution in [1.82, 2.24) is 4.90 Å². The van der Waals surface area contributed by atoms with Crippen molar-refractivity contribution in [2.75, 3.05) is 13.6 Å². The summed E-state index contributed by atoms with van der Waals surface area (Å²) >= 11 is 0. The summed E-state index contributed by atoms with van der Waals surface area (Å²) in [6.45, 7) is 1.68. The van der Waals surface area contributed by atoms with Crippen molar-refractivity contribution in [3.05, 3.63) is 71.3 Å². The zero-order chi connectivity index (χ0) is 21.6. The quantitative estimate of drug-likeness (QED) is 0.488. The lowest BCUT2D eigenvalue weighted by Gasteiger charge is -2.34. The first-order valence-corrected chi connectivity index (χ1v) is 10.7. The molecule has 0 aliphatic heterocycles. The lowest BCUT2D eigenvalue weighted by Crippen LogP contribution is -2.34. The van der Waals surface area contributed by atoms with Gasteiger partial charge in [0.15, 0.2) is 0 Å². The topological polar surface area (TPSA) is 27.0 Å². The van der Waals surface area contributed by atoms with Crippen LogP contribution in [0.3, 0.4) is 0 Å². The number of nitriles is 1. The summed E-state index contributed by atoms with van der Waals surface area (Å²) in [6.07, 6.45) is 1.24. The van der Waals surface area contributed by atoms with E-state index in [0.29, 0.717) is 6.42 Å². The summed E-state index contributed by atoms with van der Waals surface area (Å²) in [5.41, 5.74) is 0.599. The van der Waals surface area contributed by atoms with Crippen molar-refractivity contribution < 1.29 is 13.2 Å². The molecule has 0 heterocycles. The molecule has 1 atom stereocenters. The van der Waals surface area contributed by atoms with E-state index in [2.05, 4.69) is 30.1 Å². The molecule has 0 amide bonds. The van der Waals surface area contributed by atoms with E-state index in [1.165, 1.54) is 17.7 Å². The van der Waals surface area contributed by atoms with Gasteiger partial charge in [-0.15, -0.1) is 0 Å². The van der Waals surface area contributed by atoms with Gasteiger partial charge < -0.3 is 4.90 Å². The number of rotatable bonds is 8. The van der Waals surface area contributed by atoms with Gasteiger partial charge in [0.05, 0.1) is 17.0 Å². The minimum atomic E-state index is -4.36. The van der Waals surface area contributed by atoms with Crippen LogP contribution in [-0.4, -0.2) is 18.5 Å². The molecule has 1 fully saturated rings. The molecule has 1 aliphatic carbocycles. The molecule has 0 N–H and O–H groups in total. The van der Waals surface area contributed by atoms with E-state index in [1.54, 1.807) is 0 Å². The van der Waals surface area contributed by atoms with Crippen LogP contribution in [-0.2, 0) is 18.1 Å². The van der Waals surface area contributed by atoms with Gasteiger partial charge in [0, 0.05) is 6.54 Å². The molecule has 1 unspecified atom stereocenters. The van der Waals surface area contributed by atoms with E-state index in [0.717, 1.165) is 62.9 Å². The summed E-state index contributed by atoms with van der Waals surface area (Å²) in [5, 5.41) is 10.2. The maximum atomic E-state index is 13.0. The number of nitrogens with zero attached hydrogens (tertiary/aromatic N) is 2. The van der Waals surface area contributed by atoms with Crippen molar-refractivity contribution in [1.29, 1.82) is 5.26 Å². The van der Waals surface area contributed by atoms with Crippen LogP contribution in [0.2, 0.25) is 0 Å². The molecule has 2 nitrogen and oxygen atoms in total. The smallest absolute Gasteiger partial charge is 0.302 e. The van der Waals surface area contributed by atoms with Crippen molar-refractivity contribution in [3.8, 4) is 6.07 Å². The van der Waals surface area contributed by atoms with Gasteiger partial charge in [-0.25, -0.2) is 0 Å². The van der Waals surface area contributed by atoms with Crippen LogP contribution in [0.1, 0.15) is 55.2 Å². The van der Waals surface area contributed by atoms with Gasteiger partial charge in [0.2, 0.25) is 0 Å². The van der Waals surface area contributed by atoms with Crippen LogP contribution in [0.5, 0.6) is 0 Å². The molecular weight excluding hydrogens is 385 g/mol. The maximum absolute atomic E-state index is 13.0. The molecule has 5 heteroatoms. The Kier molecular flexibility index (Phi) is 7.20. The second-order valence-corrected chi connectivity index (χ2v) is 8.47. The van der Waals surface area contributed by atoms with E-state index in [9.17, 15) is 18.4 Å². The number of alkyl halides is 3. The van der Waals surface area contributed by atoms with Gasteiger partial charge in [-0.05, 0) is 68.5 Å². The Balaban J connectivity index is 1.73. The lowest BCUT2D eigenvalue weighted by molar-refractivity contribution is -0.137. The highest BCUT2D eigenvalue weighted by Gasteiger charge is 2.42. The molecule has 160 valence electrons. The summed E-state index contributed by atoms with van der Waals surface area (Å²) in [7, 11) is 2.06. The van der Waals surface area contributed by atoms with Crippen LogP contribution >= 0.6 is 0 Å². The Bertz CT molecular complexity index is 833. The lowest BCUT2D eigenvalue weighted by atomic mass is 9.67. The Morgan fingerprint density at radius 3 is 2.13 bits per heavy atom. The molecule has 3 rings (SSSR count). The molecular formula is C25H29F3N2. The first kappa shape index (κ1) is 22.4. The summed E-state index contributed by atoms with van der Waals surface area (Å²) in [4.78, 5) is 2.23. The standard InChI is InChI=1S/C25H29F3N2/c1-30(18-20-8-3-2-4-9-20)17-7-16-24(19-29,21-10-5-6-11-21)22-12-14-23(15-13-22)25(26,27)28/h2-4,8-9,12-15,21H,5-7,10-11,16-18H2,1H3. The predicted octanol–water partition coefficient (Wildman–Crippen LogP) is 6.57. The molecule has 0 spiro atoms. The molecule has 0 radical (unpaired) electrons. The van der Waals surface area contributed by atoms with Crippen LogP contribution in [0.25, 0.3) is 0 Å². The Hall–Kier alpha value is -2.32. The highest BCUT2D eigenvalue weighted by molar-refractivity contribution is 5.37. The molecule has 0 aromatic heterocycles. The SMILES string of the molecule is CN(CCCC(C#N)(c1ccc(C(F)(F)F)cc1)C1CCCC1)Cc1ccccc1. The fourth-order valence-electron chi connectivity index (χ4n) is 4.77. The van der Waals surface area contributed by atoms with E-state index in [4.69, 9.17) is 0 Å². The molecule has 1 saturated carbocycles. The Labute approximate surface area is 177 Å². The number of hydrogen-bond donors (Lipinski definition) is 0. The van der Waals surface area contributed by atoms with Gasteiger partial charge >= 0.3 is 6.18 Å². The molecule has 1 aliphatic rings. The first-order valence-electron chi connectivity index (χ1n) is 10.7. The Morgan fingerprint density at radius 1 is 0.967 bits per heavy atom. The number of halogens is 3. The third-order valence-corrected chi connectivity index (χ3v) is 6.39. The number of benzene rings is 2. The molecule has 2 aromatic rings. The summed E-state index contributed by atoms with van der Waals surface area (Å²) < 4.78 is 39.0. The van der Waals surface area contributed by atoms with Gasteiger partial charge in [-0.3, -0.25) is 0 Å². The third-order valence-electron chi connectivity index (χ3n) is 6.39. The van der Waals surface area contributed by atoms with Crippen LogP contribution < -0.4 is 0 Å². The molecule has 0 saturated heterocycles. The van der Waals surface area contributed by atoms with E-state index in [1.807, 2.05) is 18.2 Å². The first-order chi connectivity index (χ1) is 14.3. The predicted molar refractivity (Wildman–Crippen MR) is 113 cm³/mol. The van der Waals surface area contributed by atoms with Crippen molar-refractivity contribution in [2.45, 2.75) is 56.7 Å². The van der Waals surface area contributed by atoms with Gasteiger partial charge in [0.25, 0.3) is 0 Å². The maximum Gasteiger partial charge on any atom is 0.416 e. The Morgan fingerprint density at radius 2 is 1.57 bits per heavy atom. The molecule has 30 heavy (non-hydrogen) atoms.